The molecule has 1 aliphatic rings. The van der Waals surface area contributed by atoms with Crippen LogP contribution in [0.3, 0.4) is 0 Å². The molecule has 0 spiro atoms. The van der Waals surface area contributed by atoms with Crippen LogP contribution in [0.2, 0.25) is 5.82 Å². The van der Waals surface area contributed by atoms with Crippen molar-refractivity contribution >= 4 is 7.85 Å². The van der Waals surface area contributed by atoms with Gasteiger partial charge in [0.1, 0.15) is 0 Å². The predicted octanol–water partition coefficient (Wildman–Crippen LogP) is 0.466. The molecule has 2 N–H and O–H groups in total. The summed E-state index contributed by atoms with van der Waals surface area (Å²) in [5.41, 5.74) is 1.87. The molecule has 0 amide bonds. The highest BCUT2D eigenvalue weighted by molar-refractivity contribution is 6.12. The average Bonchev–Trinajstić information content (AvgIpc) is 2.88. The quantitative estimate of drug-likeness (QED) is 0.586. The Hall–Kier alpha value is -1.29. The van der Waals surface area contributed by atoms with Gasteiger partial charge < -0.3 is 10.2 Å². The van der Waals surface area contributed by atoms with Gasteiger partial charge in [0.25, 0.3) is 0 Å². The lowest BCUT2D eigenvalue weighted by molar-refractivity contribution is 0.0175. The monoisotopic (exact) mass is 230 g/mol. The largest absolute Gasteiger partial charge is 0.395 e. The Kier molecular flexibility index (Phi) is 3.25. The minimum atomic E-state index is -0.795. The lowest BCUT2D eigenvalue weighted by Gasteiger charge is -2.28. The number of aromatic nitrogens is 2. The highest BCUT2D eigenvalue weighted by atomic mass is 16.3. The van der Waals surface area contributed by atoms with E-state index < -0.39 is 11.5 Å². The molecule has 1 saturated carbocycles. The molecule has 4 atom stereocenters. The van der Waals surface area contributed by atoms with Crippen molar-refractivity contribution < 1.29 is 10.2 Å². The number of hydrogen-bond donors (Lipinski definition) is 2. The zero-order valence-electron chi connectivity index (χ0n) is 9.53. The van der Waals surface area contributed by atoms with E-state index in [-0.39, 0.29) is 18.5 Å². The van der Waals surface area contributed by atoms with Gasteiger partial charge in [-0.25, -0.2) is 0 Å². The first-order valence-corrected chi connectivity index (χ1v) is 5.55. The summed E-state index contributed by atoms with van der Waals surface area (Å²) in [4.78, 5) is 0. The Balaban J connectivity index is 2.36. The van der Waals surface area contributed by atoms with Crippen LogP contribution in [0, 0.1) is 5.41 Å². The molecule has 17 heavy (non-hydrogen) atoms. The third kappa shape index (κ3) is 1.87. The van der Waals surface area contributed by atoms with E-state index in [1.807, 2.05) is 0 Å². The normalized spacial score (nSPS) is 36.7. The summed E-state index contributed by atoms with van der Waals surface area (Å²) in [6.45, 7) is 3.32. The van der Waals surface area contributed by atoms with Gasteiger partial charge in [-0.3, -0.25) is 4.68 Å². The molecule has 2 radical (unpaired) electrons. The summed E-state index contributed by atoms with van der Waals surface area (Å²) in [7, 11) is 6.04. The zero-order chi connectivity index (χ0) is 12.5. The summed E-state index contributed by atoms with van der Waals surface area (Å²) in [5.74, 6) is -0.262. The Morgan fingerprint density at radius 2 is 2.47 bits per heavy atom. The first kappa shape index (κ1) is 12.2. The van der Waals surface area contributed by atoms with Crippen molar-refractivity contribution in [2.24, 2.45) is 5.41 Å². The average molecular weight is 230 g/mol. The van der Waals surface area contributed by atoms with Crippen LogP contribution < -0.4 is 0 Å². The SMILES string of the molecule is [B][C@@H]1C[C@](C=C=C)(CO)[C@H](O)C1n1cccn1. The first-order chi connectivity index (χ1) is 8.14. The molecule has 0 aromatic carbocycles. The van der Waals surface area contributed by atoms with Crippen LogP contribution in [0.15, 0.2) is 36.8 Å². The van der Waals surface area contributed by atoms with Crippen LogP contribution in [0.25, 0.3) is 0 Å². The third-order valence-electron chi connectivity index (χ3n) is 3.48. The number of rotatable bonds is 3. The van der Waals surface area contributed by atoms with Crippen LogP contribution >= 0.6 is 0 Å². The van der Waals surface area contributed by atoms with Crippen LogP contribution in [-0.2, 0) is 0 Å². The summed E-state index contributed by atoms with van der Waals surface area (Å²) < 4.78 is 1.64. The van der Waals surface area contributed by atoms with E-state index >= 15 is 0 Å². The molecule has 1 aliphatic carbocycles. The number of aliphatic hydroxyl groups excluding tert-OH is 2. The van der Waals surface area contributed by atoms with E-state index in [4.69, 9.17) is 7.85 Å². The maximum Gasteiger partial charge on any atom is 0.0878 e. The van der Waals surface area contributed by atoms with Crippen molar-refractivity contribution in [1.29, 1.82) is 0 Å². The van der Waals surface area contributed by atoms with E-state index in [0.717, 1.165) is 0 Å². The molecule has 2 rings (SSSR count). The molecule has 1 aromatic rings. The highest BCUT2D eigenvalue weighted by Gasteiger charge is 2.50. The molecule has 88 valence electrons. The van der Waals surface area contributed by atoms with Gasteiger partial charge in [0, 0.05) is 17.8 Å². The van der Waals surface area contributed by atoms with Crippen LogP contribution in [0.5, 0.6) is 0 Å². The van der Waals surface area contributed by atoms with Gasteiger partial charge in [0.2, 0.25) is 0 Å². The highest BCUT2D eigenvalue weighted by Crippen LogP contribution is 2.50. The molecule has 5 heteroatoms. The lowest BCUT2D eigenvalue weighted by Crippen LogP contribution is -2.36. The van der Waals surface area contributed by atoms with Crippen molar-refractivity contribution in [3.63, 3.8) is 0 Å². The van der Waals surface area contributed by atoms with Gasteiger partial charge in [0.05, 0.1) is 26.6 Å². The topological polar surface area (TPSA) is 58.3 Å². The van der Waals surface area contributed by atoms with Crippen molar-refractivity contribution in [3.05, 3.63) is 36.8 Å². The Bertz CT molecular complexity index is 428. The van der Waals surface area contributed by atoms with Gasteiger partial charge in [-0.1, -0.05) is 12.4 Å². The number of aliphatic hydroxyl groups is 2. The molecule has 0 bridgehead atoms. The second-order valence-corrected chi connectivity index (χ2v) is 4.53. The summed E-state index contributed by atoms with van der Waals surface area (Å²) in [6, 6.07) is 1.45. The molecular weight excluding hydrogens is 215 g/mol. The van der Waals surface area contributed by atoms with Crippen molar-refractivity contribution in [2.45, 2.75) is 24.4 Å². The number of hydrogen-bond acceptors (Lipinski definition) is 3. The fraction of sp³-hybridized carbons (Fsp3) is 0.500. The lowest BCUT2D eigenvalue weighted by atomic mass is 9.79. The van der Waals surface area contributed by atoms with Crippen molar-refractivity contribution in [1.82, 2.24) is 9.78 Å². The second kappa shape index (κ2) is 4.53. The molecule has 1 fully saturated rings. The van der Waals surface area contributed by atoms with Crippen molar-refractivity contribution in [2.75, 3.05) is 6.61 Å². The Morgan fingerprint density at radius 1 is 1.71 bits per heavy atom. The van der Waals surface area contributed by atoms with E-state index in [2.05, 4.69) is 17.4 Å². The smallest absolute Gasteiger partial charge is 0.0878 e. The molecule has 1 aromatic heterocycles. The van der Waals surface area contributed by atoms with E-state index in [9.17, 15) is 10.2 Å². The van der Waals surface area contributed by atoms with E-state index in [0.29, 0.717) is 6.42 Å². The van der Waals surface area contributed by atoms with Gasteiger partial charge in [0.15, 0.2) is 0 Å². The third-order valence-corrected chi connectivity index (χ3v) is 3.48. The molecule has 0 saturated heterocycles. The maximum absolute atomic E-state index is 10.4. The minimum Gasteiger partial charge on any atom is -0.395 e. The van der Waals surface area contributed by atoms with E-state index in [1.54, 1.807) is 29.2 Å². The van der Waals surface area contributed by atoms with E-state index in [1.165, 1.54) is 0 Å². The zero-order valence-corrected chi connectivity index (χ0v) is 9.53. The standard InChI is InChI=1S/C12H15BN2O2/c1-2-4-12(8-16)7-9(13)10(11(12)17)15-6-3-5-14-15/h3-6,9-11,16-17H,1,7-8H2/t9-,10?,11-,12-/m1/s1. The second-order valence-electron chi connectivity index (χ2n) is 4.53. The van der Waals surface area contributed by atoms with Gasteiger partial charge in [-0.05, 0) is 18.6 Å². The van der Waals surface area contributed by atoms with Crippen LogP contribution in [-0.4, -0.2) is 40.6 Å². The Morgan fingerprint density at radius 3 is 3.00 bits per heavy atom. The molecular formula is C12H15BN2O2. The Labute approximate surface area is 102 Å². The van der Waals surface area contributed by atoms with Gasteiger partial charge >= 0.3 is 0 Å². The first-order valence-electron chi connectivity index (χ1n) is 5.55. The molecule has 1 heterocycles. The predicted molar refractivity (Wildman–Crippen MR) is 64.6 cm³/mol. The fourth-order valence-corrected chi connectivity index (χ4v) is 2.60. The van der Waals surface area contributed by atoms with Crippen molar-refractivity contribution in [3.8, 4) is 0 Å². The van der Waals surface area contributed by atoms with Crippen LogP contribution in [0.4, 0.5) is 0 Å². The van der Waals surface area contributed by atoms with Crippen LogP contribution in [0.1, 0.15) is 12.5 Å². The van der Waals surface area contributed by atoms with Gasteiger partial charge in [-0.2, -0.15) is 5.10 Å². The molecule has 1 unspecified atom stereocenters. The molecule has 0 aliphatic heterocycles. The fourth-order valence-electron chi connectivity index (χ4n) is 2.60. The summed E-state index contributed by atoms with van der Waals surface area (Å²) in [5, 5.41) is 24.0. The van der Waals surface area contributed by atoms with Gasteiger partial charge in [-0.15, -0.1) is 5.73 Å². The maximum atomic E-state index is 10.4. The number of nitrogens with zero attached hydrogens (tertiary/aromatic N) is 2. The summed E-state index contributed by atoms with van der Waals surface area (Å²) >= 11 is 0. The minimum absolute atomic E-state index is 0.178. The summed E-state index contributed by atoms with van der Waals surface area (Å²) in [6.07, 6.45) is 4.70. The molecule has 4 nitrogen and oxygen atoms in total.